The van der Waals surface area contributed by atoms with Crippen LogP contribution in [0, 0.1) is 6.92 Å². The molecule has 0 aliphatic carbocycles. The number of nitrogens with one attached hydrogen (secondary N) is 1. The summed E-state index contributed by atoms with van der Waals surface area (Å²) in [6.45, 7) is 5.59. The Bertz CT molecular complexity index is 880. The molecule has 2 aromatic carbocycles. The van der Waals surface area contributed by atoms with E-state index in [0.29, 0.717) is 10.7 Å². The number of carbonyl (C=O) groups excluding carboxylic acids is 1. The summed E-state index contributed by atoms with van der Waals surface area (Å²) in [6.07, 6.45) is 0.848. The van der Waals surface area contributed by atoms with Crippen molar-refractivity contribution in [1.82, 2.24) is 4.72 Å². The fraction of sp³-hybridized carbons (Fsp3) is 0.316. The predicted octanol–water partition coefficient (Wildman–Crippen LogP) is 3.54. The Labute approximate surface area is 160 Å². The van der Waals surface area contributed by atoms with Gasteiger partial charge in [0.1, 0.15) is 0 Å². The number of carbonyl (C=O) groups is 1. The maximum absolute atomic E-state index is 12.4. The zero-order valence-electron chi connectivity index (χ0n) is 15.1. The molecule has 1 amide bonds. The van der Waals surface area contributed by atoms with Crippen molar-refractivity contribution in [2.45, 2.75) is 32.1 Å². The predicted molar refractivity (Wildman–Crippen MR) is 105 cm³/mol. The summed E-state index contributed by atoms with van der Waals surface area (Å²) >= 11 is 6.12. The minimum atomic E-state index is -3.62. The summed E-state index contributed by atoms with van der Waals surface area (Å²) < 4.78 is 27.4. The number of hydrogen-bond donors (Lipinski definition) is 1. The first-order valence-corrected chi connectivity index (χ1v) is 10.2. The van der Waals surface area contributed by atoms with Gasteiger partial charge >= 0.3 is 0 Å². The van der Waals surface area contributed by atoms with Gasteiger partial charge in [-0.05, 0) is 48.7 Å². The summed E-state index contributed by atoms with van der Waals surface area (Å²) in [5.74, 6) is -0.179. The molecule has 140 valence electrons. The second-order valence-corrected chi connectivity index (χ2v) is 8.12. The van der Waals surface area contributed by atoms with E-state index in [4.69, 9.17) is 11.6 Å². The topological polar surface area (TPSA) is 66.5 Å². The maximum atomic E-state index is 12.4. The number of amides is 1. The molecule has 0 aliphatic heterocycles. The Hall–Kier alpha value is -1.89. The van der Waals surface area contributed by atoms with Crippen LogP contribution >= 0.6 is 11.6 Å². The van der Waals surface area contributed by atoms with E-state index in [1.54, 1.807) is 42.5 Å². The monoisotopic (exact) mass is 394 g/mol. The number of halogens is 1. The molecule has 0 unspecified atom stereocenters. The van der Waals surface area contributed by atoms with Crippen LogP contribution in [0.4, 0.5) is 5.69 Å². The summed E-state index contributed by atoms with van der Waals surface area (Å²) in [7, 11) is -3.62. The standard InChI is InChI=1S/C19H23ClN2O3S/c1-4-16-8-10-17(11-9-16)26(24,25)21-12-13-22(15(3)23)19-7-5-6-18(20)14(19)2/h5-11,21H,4,12-13H2,1-3H3. The van der Waals surface area contributed by atoms with Gasteiger partial charge in [0.25, 0.3) is 0 Å². The Morgan fingerprint density at radius 1 is 1.15 bits per heavy atom. The summed E-state index contributed by atoms with van der Waals surface area (Å²) in [4.78, 5) is 13.7. The summed E-state index contributed by atoms with van der Waals surface area (Å²) in [6, 6.07) is 12.1. The lowest BCUT2D eigenvalue weighted by molar-refractivity contribution is -0.116. The average molecular weight is 395 g/mol. The van der Waals surface area contributed by atoms with Crippen molar-refractivity contribution in [3.05, 3.63) is 58.6 Å². The maximum Gasteiger partial charge on any atom is 0.240 e. The minimum absolute atomic E-state index is 0.101. The molecule has 5 nitrogen and oxygen atoms in total. The fourth-order valence-corrected chi connectivity index (χ4v) is 3.81. The van der Waals surface area contributed by atoms with Gasteiger partial charge < -0.3 is 4.90 Å². The van der Waals surface area contributed by atoms with Crippen molar-refractivity contribution in [3.8, 4) is 0 Å². The Morgan fingerprint density at radius 2 is 1.81 bits per heavy atom. The number of hydrogen-bond acceptors (Lipinski definition) is 3. The summed E-state index contributed by atoms with van der Waals surface area (Å²) in [5.41, 5.74) is 2.53. The smallest absolute Gasteiger partial charge is 0.240 e. The number of sulfonamides is 1. The van der Waals surface area contributed by atoms with Crippen LogP contribution in [-0.2, 0) is 21.2 Å². The molecular weight excluding hydrogens is 372 g/mol. The van der Waals surface area contributed by atoms with E-state index in [1.165, 1.54) is 11.8 Å². The third-order valence-corrected chi connectivity index (χ3v) is 6.07. The van der Waals surface area contributed by atoms with Crippen LogP contribution in [0.2, 0.25) is 5.02 Å². The van der Waals surface area contributed by atoms with Gasteiger partial charge in [-0.3, -0.25) is 4.79 Å². The molecule has 0 heterocycles. The zero-order chi connectivity index (χ0) is 19.3. The van der Waals surface area contributed by atoms with Crippen molar-refractivity contribution >= 4 is 33.2 Å². The average Bonchev–Trinajstić information content (AvgIpc) is 2.61. The quantitative estimate of drug-likeness (QED) is 0.781. The molecule has 7 heteroatoms. The molecule has 0 aliphatic rings. The van der Waals surface area contributed by atoms with E-state index in [1.807, 2.05) is 13.8 Å². The van der Waals surface area contributed by atoms with E-state index in [9.17, 15) is 13.2 Å². The molecule has 0 bridgehead atoms. The molecule has 0 radical (unpaired) electrons. The normalized spacial score (nSPS) is 11.4. The second-order valence-electron chi connectivity index (χ2n) is 5.95. The third kappa shape index (κ3) is 4.84. The van der Waals surface area contributed by atoms with Gasteiger partial charge in [-0.25, -0.2) is 13.1 Å². The number of aryl methyl sites for hydroxylation is 1. The molecule has 0 aromatic heterocycles. The van der Waals surface area contributed by atoms with Crippen molar-refractivity contribution in [2.24, 2.45) is 0 Å². The fourth-order valence-electron chi connectivity index (χ4n) is 2.62. The lowest BCUT2D eigenvalue weighted by atomic mass is 10.1. The van der Waals surface area contributed by atoms with E-state index in [0.717, 1.165) is 17.5 Å². The van der Waals surface area contributed by atoms with Crippen LogP contribution < -0.4 is 9.62 Å². The van der Waals surface area contributed by atoms with Crippen LogP contribution in [0.15, 0.2) is 47.4 Å². The van der Waals surface area contributed by atoms with Gasteiger partial charge in [0.2, 0.25) is 15.9 Å². The number of nitrogens with zero attached hydrogens (tertiary/aromatic N) is 1. The second kappa shape index (κ2) is 8.66. The third-order valence-electron chi connectivity index (χ3n) is 4.18. The van der Waals surface area contributed by atoms with Crippen LogP contribution in [0.1, 0.15) is 25.0 Å². The van der Waals surface area contributed by atoms with Crippen LogP contribution in [0.25, 0.3) is 0 Å². The van der Waals surface area contributed by atoms with E-state index >= 15 is 0 Å². The van der Waals surface area contributed by atoms with Crippen molar-refractivity contribution in [3.63, 3.8) is 0 Å². The summed E-state index contributed by atoms with van der Waals surface area (Å²) in [5, 5.41) is 0.561. The first-order chi connectivity index (χ1) is 12.3. The Balaban J connectivity index is 2.09. The van der Waals surface area contributed by atoms with Gasteiger partial charge in [0.15, 0.2) is 0 Å². The number of anilines is 1. The van der Waals surface area contributed by atoms with Crippen molar-refractivity contribution in [1.29, 1.82) is 0 Å². The SMILES string of the molecule is CCc1ccc(S(=O)(=O)NCCN(C(C)=O)c2cccc(Cl)c2C)cc1. The minimum Gasteiger partial charge on any atom is -0.311 e. The lowest BCUT2D eigenvalue weighted by Crippen LogP contribution is -2.38. The molecule has 0 atom stereocenters. The van der Waals surface area contributed by atoms with Gasteiger partial charge in [-0.2, -0.15) is 0 Å². The lowest BCUT2D eigenvalue weighted by Gasteiger charge is -2.23. The molecule has 2 rings (SSSR count). The van der Waals surface area contributed by atoms with Gasteiger partial charge in [0, 0.05) is 30.7 Å². The molecule has 0 saturated carbocycles. The number of rotatable bonds is 7. The number of benzene rings is 2. The van der Waals surface area contributed by atoms with Crippen LogP contribution in [0.5, 0.6) is 0 Å². The molecule has 0 fully saturated rings. The highest BCUT2D eigenvalue weighted by Gasteiger charge is 2.18. The van der Waals surface area contributed by atoms with Crippen molar-refractivity contribution < 1.29 is 13.2 Å². The largest absolute Gasteiger partial charge is 0.311 e. The highest BCUT2D eigenvalue weighted by Crippen LogP contribution is 2.26. The molecule has 2 aromatic rings. The van der Waals surface area contributed by atoms with Crippen molar-refractivity contribution in [2.75, 3.05) is 18.0 Å². The highest BCUT2D eigenvalue weighted by atomic mass is 35.5. The first-order valence-electron chi connectivity index (χ1n) is 8.38. The van der Waals surface area contributed by atoms with E-state index < -0.39 is 10.0 Å². The Kier molecular flexibility index (Phi) is 6.81. The van der Waals surface area contributed by atoms with Gasteiger partial charge in [0.05, 0.1) is 4.90 Å². The molecule has 0 spiro atoms. The highest BCUT2D eigenvalue weighted by molar-refractivity contribution is 7.89. The van der Waals surface area contributed by atoms with Crippen LogP contribution in [-0.4, -0.2) is 27.4 Å². The molecule has 1 N–H and O–H groups in total. The molecule has 26 heavy (non-hydrogen) atoms. The van der Waals surface area contributed by atoms with Gasteiger partial charge in [-0.15, -0.1) is 0 Å². The first kappa shape index (κ1) is 20.4. The zero-order valence-corrected chi connectivity index (χ0v) is 16.7. The Morgan fingerprint density at radius 3 is 2.38 bits per heavy atom. The van der Waals surface area contributed by atoms with Crippen LogP contribution in [0.3, 0.4) is 0 Å². The molecule has 0 saturated heterocycles. The molecular formula is C19H23ClN2O3S. The van der Waals surface area contributed by atoms with E-state index in [2.05, 4.69) is 4.72 Å². The van der Waals surface area contributed by atoms with E-state index in [-0.39, 0.29) is 23.9 Å². The van der Waals surface area contributed by atoms with Gasteiger partial charge in [-0.1, -0.05) is 36.7 Å².